The van der Waals surface area contributed by atoms with E-state index in [0.29, 0.717) is 17.1 Å². The molecule has 3 aromatic rings. The molecule has 8 heteroatoms. The van der Waals surface area contributed by atoms with Crippen molar-refractivity contribution in [3.8, 4) is 0 Å². The lowest BCUT2D eigenvalue weighted by atomic mass is 10.0. The van der Waals surface area contributed by atoms with Crippen LogP contribution in [0.3, 0.4) is 0 Å². The first-order chi connectivity index (χ1) is 14.3. The first-order valence-electron chi connectivity index (χ1n) is 9.49. The summed E-state index contributed by atoms with van der Waals surface area (Å²) in [6.07, 6.45) is 0.502. The number of nitrogens with zero attached hydrogens (tertiary/aromatic N) is 1. The summed E-state index contributed by atoms with van der Waals surface area (Å²) >= 11 is 6.02. The summed E-state index contributed by atoms with van der Waals surface area (Å²) in [5.41, 5.74) is 2.98. The van der Waals surface area contributed by atoms with Crippen molar-refractivity contribution in [2.24, 2.45) is 0 Å². The van der Waals surface area contributed by atoms with Gasteiger partial charge in [0.25, 0.3) is 5.91 Å². The number of carbonyl (C=O) groups excluding carboxylic acids is 2. The smallest absolute Gasteiger partial charge is 0.323 e. The normalized spacial score (nSPS) is 17.5. The summed E-state index contributed by atoms with van der Waals surface area (Å²) in [7, 11) is 0. The third kappa shape index (κ3) is 3.76. The van der Waals surface area contributed by atoms with E-state index in [2.05, 4.69) is 10.3 Å². The second kappa shape index (κ2) is 7.84. The number of rotatable bonds is 5. The number of hydrogen-bond acceptors (Lipinski definition) is 3. The Kier molecular flexibility index (Phi) is 5.22. The second-order valence-corrected chi connectivity index (χ2v) is 7.82. The highest BCUT2D eigenvalue weighted by Gasteiger charge is 2.39. The van der Waals surface area contributed by atoms with Crippen LogP contribution in [-0.4, -0.2) is 45.4 Å². The topological polar surface area (TPSA) is 102 Å². The maximum atomic E-state index is 13.0. The van der Waals surface area contributed by atoms with E-state index in [0.717, 1.165) is 22.0 Å². The monoisotopic (exact) mass is 425 g/mol. The first kappa shape index (κ1) is 20.0. The second-order valence-electron chi connectivity index (χ2n) is 7.38. The third-order valence-electron chi connectivity index (χ3n) is 5.38. The van der Waals surface area contributed by atoms with Gasteiger partial charge in [0.2, 0.25) is 5.91 Å². The van der Waals surface area contributed by atoms with Crippen LogP contribution in [0.15, 0.2) is 48.5 Å². The Hall–Kier alpha value is -3.32. The molecule has 0 saturated carbocycles. The van der Waals surface area contributed by atoms with Crippen LogP contribution >= 0.6 is 11.6 Å². The summed E-state index contributed by atoms with van der Waals surface area (Å²) < 4.78 is 0. The van der Waals surface area contributed by atoms with Gasteiger partial charge in [-0.2, -0.15) is 0 Å². The van der Waals surface area contributed by atoms with Crippen molar-refractivity contribution >= 4 is 40.3 Å². The number of aromatic amines is 1. The molecular formula is C22H20ClN3O4. The van der Waals surface area contributed by atoms with Gasteiger partial charge in [-0.15, -0.1) is 0 Å². The SMILES string of the molecule is CC(=O)N(CC(=O)O)C1c2ccccc2CC1NC(=O)c1cc2cc(Cl)ccc2[nH]1. The van der Waals surface area contributed by atoms with Gasteiger partial charge < -0.3 is 20.3 Å². The Morgan fingerprint density at radius 3 is 2.70 bits per heavy atom. The van der Waals surface area contributed by atoms with Crippen molar-refractivity contribution in [1.82, 2.24) is 15.2 Å². The molecule has 0 fully saturated rings. The number of halogens is 1. The Balaban J connectivity index is 1.64. The van der Waals surface area contributed by atoms with Crippen molar-refractivity contribution in [3.63, 3.8) is 0 Å². The standard InChI is InChI=1S/C22H20ClN3O4/c1-12(27)26(11-20(28)29)21-16-5-3-2-4-13(16)9-18(21)25-22(30)19-10-14-8-15(23)6-7-17(14)24-19/h2-8,10,18,21,24H,9,11H2,1H3,(H,25,30)(H,28,29). The van der Waals surface area contributed by atoms with Crippen LogP contribution in [0.5, 0.6) is 0 Å². The number of benzene rings is 2. The molecule has 154 valence electrons. The van der Waals surface area contributed by atoms with Gasteiger partial charge >= 0.3 is 5.97 Å². The summed E-state index contributed by atoms with van der Waals surface area (Å²) in [6.45, 7) is 0.899. The summed E-state index contributed by atoms with van der Waals surface area (Å²) in [6, 6.07) is 13.5. The fraction of sp³-hybridized carbons (Fsp3) is 0.227. The van der Waals surface area contributed by atoms with Gasteiger partial charge in [0.1, 0.15) is 12.2 Å². The lowest BCUT2D eigenvalue weighted by molar-refractivity contribution is -0.145. The molecule has 0 spiro atoms. The number of nitrogens with one attached hydrogen (secondary N) is 2. The Labute approximate surface area is 177 Å². The molecule has 1 aromatic heterocycles. The van der Waals surface area contributed by atoms with Crippen LogP contribution in [0.2, 0.25) is 5.02 Å². The van der Waals surface area contributed by atoms with Crippen molar-refractivity contribution in [2.45, 2.75) is 25.4 Å². The maximum Gasteiger partial charge on any atom is 0.323 e. The van der Waals surface area contributed by atoms with Gasteiger partial charge in [0.15, 0.2) is 0 Å². The number of amides is 2. The van der Waals surface area contributed by atoms with Gasteiger partial charge in [-0.05, 0) is 41.8 Å². The number of aromatic nitrogens is 1. The molecule has 0 bridgehead atoms. The minimum Gasteiger partial charge on any atom is -0.480 e. The molecule has 1 aliphatic carbocycles. The van der Waals surface area contributed by atoms with Crippen molar-refractivity contribution in [2.75, 3.05) is 6.54 Å². The van der Waals surface area contributed by atoms with E-state index in [1.807, 2.05) is 24.3 Å². The number of carboxylic acid groups (broad SMARTS) is 1. The number of carboxylic acids is 1. The lowest BCUT2D eigenvalue weighted by Gasteiger charge is -2.32. The van der Waals surface area contributed by atoms with Gasteiger partial charge in [0, 0.05) is 22.8 Å². The van der Waals surface area contributed by atoms with E-state index in [9.17, 15) is 19.5 Å². The predicted molar refractivity (Wildman–Crippen MR) is 112 cm³/mol. The van der Waals surface area contributed by atoms with E-state index >= 15 is 0 Å². The highest BCUT2D eigenvalue weighted by molar-refractivity contribution is 6.31. The molecule has 30 heavy (non-hydrogen) atoms. The van der Waals surface area contributed by atoms with Crippen molar-refractivity contribution < 1.29 is 19.5 Å². The lowest BCUT2D eigenvalue weighted by Crippen LogP contribution is -2.47. The Morgan fingerprint density at radius 1 is 1.20 bits per heavy atom. The number of H-pyrrole nitrogens is 1. The Morgan fingerprint density at radius 2 is 1.97 bits per heavy atom. The molecule has 0 saturated heterocycles. The molecule has 1 aliphatic rings. The fourth-order valence-corrected chi connectivity index (χ4v) is 4.29. The minimum atomic E-state index is -1.10. The van der Waals surface area contributed by atoms with E-state index in [-0.39, 0.29) is 11.8 Å². The molecular weight excluding hydrogens is 406 g/mol. The number of aliphatic carboxylic acids is 1. The van der Waals surface area contributed by atoms with Crippen LogP contribution in [0, 0.1) is 0 Å². The molecule has 3 N–H and O–H groups in total. The van der Waals surface area contributed by atoms with Crippen LogP contribution in [-0.2, 0) is 16.0 Å². The van der Waals surface area contributed by atoms with Crippen LogP contribution < -0.4 is 5.32 Å². The summed E-state index contributed by atoms with van der Waals surface area (Å²) in [4.78, 5) is 41.0. The molecule has 4 rings (SSSR count). The van der Waals surface area contributed by atoms with Gasteiger partial charge in [-0.3, -0.25) is 14.4 Å². The molecule has 2 atom stereocenters. The molecule has 0 aliphatic heterocycles. The quantitative estimate of drug-likeness (QED) is 0.584. The highest BCUT2D eigenvalue weighted by Crippen LogP contribution is 2.36. The van der Waals surface area contributed by atoms with Crippen LogP contribution in [0.1, 0.15) is 34.6 Å². The maximum absolute atomic E-state index is 13.0. The molecule has 7 nitrogen and oxygen atoms in total. The van der Waals surface area contributed by atoms with E-state index in [1.165, 1.54) is 11.8 Å². The minimum absolute atomic E-state index is 0.330. The van der Waals surface area contributed by atoms with Crippen molar-refractivity contribution in [3.05, 3.63) is 70.4 Å². The zero-order valence-electron chi connectivity index (χ0n) is 16.2. The van der Waals surface area contributed by atoms with Crippen molar-refractivity contribution in [1.29, 1.82) is 0 Å². The van der Waals surface area contributed by atoms with Crippen LogP contribution in [0.25, 0.3) is 10.9 Å². The molecule has 0 radical (unpaired) electrons. The summed E-state index contributed by atoms with van der Waals surface area (Å²) in [5.74, 6) is -1.80. The first-order valence-corrected chi connectivity index (χ1v) is 9.87. The molecule has 2 aromatic carbocycles. The fourth-order valence-electron chi connectivity index (χ4n) is 4.11. The van der Waals surface area contributed by atoms with E-state index in [1.54, 1.807) is 24.3 Å². The van der Waals surface area contributed by atoms with Crippen LogP contribution in [0.4, 0.5) is 0 Å². The third-order valence-corrected chi connectivity index (χ3v) is 5.62. The zero-order valence-corrected chi connectivity index (χ0v) is 16.9. The molecule has 2 amide bonds. The van der Waals surface area contributed by atoms with Gasteiger partial charge in [-0.1, -0.05) is 35.9 Å². The molecule has 2 unspecified atom stereocenters. The zero-order chi connectivity index (χ0) is 21.4. The summed E-state index contributed by atoms with van der Waals surface area (Å²) in [5, 5.41) is 13.7. The highest BCUT2D eigenvalue weighted by atomic mass is 35.5. The van der Waals surface area contributed by atoms with Gasteiger partial charge in [0.05, 0.1) is 12.1 Å². The average molecular weight is 426 g/mol. The molecule has 1 heterocycles. The Bertz CT molecular complexity index is 1160. The predicted octanol–water partition coefficient (Wildman–Crippen LogP) is 3.15. The van der Waals surface area contributed by atoms with E-state index < -0.39 is 24.6 Å². The number of fused-ring (bicyclic) bond motifs is 2. The van der Waals surface area contributed by atoms with Gasteiger partial charge in [-0.25, -0.2) is 0 Å². The number of hydrogen-bond donors (Lipinski definition) is 3. The van der Waals surface area contributed by atoms with E-state index in [4.69, 9.17) is 11.6 Å². The largest absolute Gasteiger partial charge is 0.480 e. The number of carbonyl (C=O) groups is 3. The average Bonchev–Trinajstić information content (AvgIpc) is 3.26.